The summed E-state index contributed by atoms with van der Waals surface area (Å²) >= 11 is 0. The Morgan fingerprint density at radius 3 is 2.56 bits per heavy atom. The van der Waals surface area contributed by atoms with E-state index in [0.29, 0.717) is 5.41 Å². The lowest BCUT2D eigenvalue weighted by Gasteiger charge is -2.37. The van der Waals surface area contributed by atoms with Gasteiger partial charge in [-0.1, -0.05) is 6.07 Å². The van der Waals surface area contributed by atoms with Gasteiger partial charge in [0.25, 0.3) is 0 Å². The van der Waals surface area contributed by atoms with Gasteiger partial charge in [-0.3, -0.25) is 4.90 Å². The normalized spacial score (nSPS) is 20.0. The van der Waals surface area contributed by atoms with E-state index < -0.39 is 0 Å². The summed E-state index contributed by atoms with van der Waals surface area (Å²) in [6, 6.07) is 7.86. The second-order valence-corrected chi connectivity index (χ2v) is 6.97. The average molecular weight is 391 g/mol. The van der Waals surface area contributed by atoms with Crippen molar-refractivity contribution in [2.75, 3.05) is 46.4 Å². The van der Waals surface area contributed by atoms with Crippen molar-refractivity contribution >= 4 is 24.8 Å². The summed E-state index contributed by atoms with van der Waals surface area (Å²) < 4.78 is 11.1. The van der Waals surface area contributed by atoms with Crippen LogP contribution in [0, 0.1) is 5.41 Å². The summed E-state index contributed by atoms with van der Waals surface area (Å²) in [4.78, 5) is 2.58. The predicted octanol–water partition coefficient (Wildman–Crippen LogP) is 3.77. The van der Waals surface area contributed by atoms with Crippen molar-refractivity contribution in [1.29, 1.82) is 0 Å². The molecule has 0 radical (unpaired) electrons. The molecule has 25 heavy (non-hydrogen) atoms. The molecular weight excluding hydrogens is 359 g/mol. The molecule has 0 saturated carbocycles. The van der Waals surface area contributed by atoms with Crippen LogP contribution in [-0.4, -0.2) is 51.3 Å². The van der Waals surface area contributed by atoms with E-state index in [2.05, 4.69) is 10.2 Å². The number of hydrogen-bond donors (Lipinski definition) is 1. The largest absolute Gasteiger partial charge is 0.497 e. The Morgan fingerprint density at radius 1 is 1.04 bits per heavy atom. The maximum absolute atomic E-state index is 5.90. The van der Waals surface area contributed by atoms with Gasteiger partial charge in [0.05, 0.1) is 7.11 Å². The third-order valence-electron chi connectivity index (χ3n) is 5.52. The van der Waals surface area contributed by atoms with Crippen molar-refractivity contribution in [2.45, 2.75) is 32.1 Å². The molecule has 1 aromatic carbocycles. The van der Waals surface area contributed by atoms with Crippen molar-refractivity contribution in [3.63, 3.8) is 0 Å². The SMILES string of the molecule is COc1cccc(OCCN2CCCC3(CCNCC3)CC2)c1.Cl.Cl. The van der Waals surface area contributed by atoms with Gasteiger partial charge in [0.1, 0.15) is 18.1 Å². The lowest BCUT2D eigenvalue weighted by Crippen LogP contribution is -2.37. The van der Waals surface area contributed by atoms with Gasteiger partial charge in [0.2, 0.25) is 0 Å². The van der Waals surface area contributed by atoms with Crippen LogP contribution in [0.25, 0.3) is 0 Å². The molecule has 0 aromatic heterocycles. The summed E-state index contributed by atoms with van der Waals surface area (Å²) in [7, 11) is 1.69. The van der Waals surface area contributed by atoms with Gasteiger partial charge in [-0.05, 0) is 75.8 Å². The number of likely N-dealkylation sites (tertiary alicyclic amines) is 1. The zero-order chi connectivity index (χ0) is 16.0. The number of hydrogen-bond acceptors (Lipinski definition) is 4. The quantitative estimate of drug-likeness (QED) is 0.829. The van der Waals surface area contributed by atoms with Crippen molar-refractivity contribution in [3.05, 3.63) is 24.3 Å². The smallest absolute Gasteiger partial charge is 0.123 e. The van der Waals surface area contributed by atoms with Crippen LogP contribution >= 0.6 is 24.8 Å². The van der Waals surface area contributed by atoms with Crippen molar-refractivity contribution in [2.24, 2.45) is 5.41 Å². The Morgan fingerprint density at radius 2 is 1.80 bits per heavy atom. The van der Waals surface area contributed by atoms with Crippen molar-refractivity contribution in [3.8, 4) is 11.5 Å². The summed E-state index contributed by atoms with van der Waals surface area (Å²) in [5, 5.41) is 3.51. The van der Waals surface area contributed by atoms with Crippen LogP contribution in [0.3, 0.4) is 0 Å². The Labute approximate surface area is 164 Å². The third kappa shape index (κ3) is 6.52. The fourth-order valence-corrected chi connectivity index (χ4v) is 3.97. The highest BCUT2D eigenvalue weighted by atomic mass is 35.5. The number of halogens is 2. The third-order valence-corrected chi connectivity index (χ3v) is 5.52. The second kappa shape index (κ2) is 11.1. The zero-order valence-corrected chi connectivity index (χ0v) is 16.8. The van der Waals surface area contributed by atoms with Gasteiger partial charge in [0.15, 0.2) is 0 Å². The predicted molar refractivity (Wildman–Crippen MR) is 108 cm³/mol. The fraction of sp³-hybridized carbons (Fsp3) is 0.684. The van der Waals surface area contributed by atoms with Gasteiger partial charge in [0, 0.05) is 12.6 Å². The molecule has 1 N–H and O–H groups in total. The Bertz CT molecular complexity index is 496. The Kier molecular flexibility index (Phi) is 9.95. The number of nitrogens with one attached hydrogen (secondary N) is 1. The first-order valence-electron chi connectivity index (χ1n) is 9.00. The van der Waals surface area contributed by atoms with Crippen LogP contribution in [0.15, 0.2) is 24.3 Å². The standard InChI is InChI=1S/C19H30N2O2.2ClH/c1-22-17-4-2-5-18(16-17)23-15-14-21-12-3-6-19(9-13-21)7-10-20-11-8-19;;/h2,4-5,16,20H,3,6-15H2,1H3;2*1H. The maximum Gasteiger partial charge on any atom is 0.123 e. The number of nitrogens with zero attached hydrogens (tertiary/aromatic N) is 1. The summed E-state index contributed by atoms with van der Waals surface area (Å²) in [5.74, 6) is 1.75. The maximum atomic E-state index is 5.90. The van der Waals surface area contributed by atoms with Crippen molar-refractivity contribution < 1.29 is 9.47 Å². The van der Waals surface area contributed by atoms with Crippen LogP contribution < -0.4 is 14.8 Å². The van der Waals surface area contributed by atoms with Crippen LogP contribution in [0.5, 0.6) is 11.5 Å². The van der Waals surface area contributed by atoms with Crippen LogP contribution in [0.2, 0.25) is 0 Å². The molecule has 2 aliphatic heterocycles. The number of methoxy groups -OCH3 is 1. The minimum absolute atomic E-state index is 0. The summed E-state index contributed by atoms with van der Waals surface area (Å²) in [5.41, 5.74) is 0.619. The number of piperidine rings is 1. The number of ether oxygens (including phenoxy) is 2. The fourth-order valence-electron chi connectivity index (χ4n) is 3.97. The lowest BCUT2D eigenvalue weighted by molar-refractivity contribution is 0.162. The molecular formula is C19H32Cl2N2O2. The second-order valence-electron chi connectivity index (χ2n) is 6.97. The van der Waals surface area contributed by atoms with Crippen LogP contribution in [-0.2, 0) is 0 Å². The van der Waals surface area contributed by atoms with E-state index in [9.17, 15) is 0 Å². The Hall–Kier alpha value is -0.680. The lowest BCUT2D eigenvalue weighted by atomic mass is 9.73. The number of rotatable bonds is 5. The van der Waals surface area contributed by atoms with E-state index >= 15 is 0 Å². The summed E-state index contributed by atoms with van der Waals surface area (Å²) in [6.07, 6.45) is 6.82. The van der Waals surface area contributed by atoms with Crippen molar-refractivity contribution in [1.82, 2.24) is 10.2 Å². The molecule has 0 atom stereocenters. The molecule has 0 aliphatic carbocycles. The van der Waals surface area contributed by atoms with E-state index in [4.69, 9.17) is 9.47 Å². The molecule has 0 amide bonds. The van der Waals surface area contributed by atoms with Gasteiger partial charge >= 0.3 is 0 Å². The van der Waals surface area contributed by atoms with E-state index in [1.54, 1.807) is 7.11 Å². The molecule has 0 unspecified atom stereocenters. The molecule has 2 aliphatic rings. The van der Waals surface area contributed by atoms with E-state index in [-0.39, 0.29) is 24.8 Å². The first-order chi connectivity index (χ1) is 11.3. The molecule has 1 aromatic rings. The summed E-state index contributed by atoms with van der Waals surface area (Å²) in [6.45, 7) is 6.63. The number of benzene rings is 1. The Balaban J connectivity index is 0.00000156. The van der Waals surface area contributed by atoms with E-state index in [0.717, 1.165) is 24.7 Å². The van der Waals surface area contributed by atoms with Crippen LogP contribution in [0.1, 0.15) is 32.1 Å². The van der Waals surface area contributed by atoms with E-state index in [1.807, 2.05) is 24.3 Å². The van der Waals surface area contributed by atoms with Gasteiger partial charge in [-0.15, -0.1) is 24.8 Å². The topological polar surface area (TPSA) is 33.7 Å². The highest BCUT2D eigenvalue weighted by Gasteiger charge is 2.33. The zero-order valence-electron chi connectivity index (χ0n) is 15.2. The van der Waals surface area contributed by atoms with Gasteiger partial charge in [-0.2, -0.15) is 0 Å². The molecule has 4 nitrogen and oxygen atoms in total. The minimum Gasteiger partial charge on any atom is -0.497 e. The van der Waals surface area contributed by atoms with Gasteiger partial charge in [-0.25, -0.2) is 0 Å². The highest BCUT2D eigenvalue weighted by molar-refractivity contribution is 5.85. The molecule has 6 heteroatoms. The molecule has 144 valence electrons. The molecule has 0 bridgehead atoms. The molecule has 1 spiro atoms. The molecule has 3 rings (SSSR count). The first kappa shape index (κ1) is 22.4. The monoisotopic (exact) mass is 390 g/mol. The average Bonchev–Trinajstić information content (AvgIpc) is 2.79. The molecule has 2 fully saturated rings. The molecule has 2 heterocycles. The van der Waals surface area contributed by atoms with E-state index in [1.165, 1.54) is 58.3 Å². The minimum atomic E-state index is 0. The van der Waals surface area contributed by atoms with Gasteiger partial charge < -0.3 is 14.8 Å². The van der Waals surface area contributed by atoms with Crippen LogP contribution in [0.4, 0.5) is 0 Å². The molecule has 2 saturated heterocycles. The highest BCUT2D eigenvalue weighted by Crippen LogP contribution is 2.39. The first-order valence-corrected chi connectivity index (χ1v) is 9.00.